The Morgan fingerprint density at radius 3 is 2.73 bits per heavy atom. The predicted molar refractivity (Wildman–Crippen MR) is 99.8 cm³/mol. The van der Waals surface area contributed by atoms with Gasteiger partial charge in [0, 0.05) is 30.2 Å². The summed E-state index contributed by atoms with van der Waals surface area (Å²) in [6, 6.07) is 11.9. The van der Waals surface area contributed by atoms with E-state index in [0.717, 1.165) is 30.6 Å². The van der Waals surface area contributed by atoms with Crippen LogP contribution in [0.3, 0.4) is 0 Å². The molecule has 0 radical (unpaired) electrons. The predicted octanol–water partition coefficient (Wildman–Crippen LogP) is 3.14. The zero-order valence-electron chi connectivity index (χ0n) is 14.7. The number of hydrogen-bond acceptors (Lipinski definition) is 3. The molecular weight excluding hydrogens is 324 g/mol. The van der Waals surface area contributed by atoms with Gasteiger partial charge in [-0.3, -0.25) is 9.78 Å². The quantitative estimate of drug-likeness (QED) is 0.772. The zero-order chi connectivity index (χ0) is 17.8. The van der Waals surface area contributed by atoms with Crippen LogP contribution in [0.4, 0.5) is 0 Å². The minimum Gasteiger partial charge on any atom is -0.346 e. The molecule has 0 atom stereocenters. The molecule has 2 aromatic heterocycles. The van der Waals surface area contributed by atoms with Crippen LogP contribution in [0, 0.1) is 0 Å². The molecule has 4 rings (SSSR count). The van der Waals surface area contributed by atoms with E-state index in [-0.39, 0.29) is 5.91 Å². The Labute approximate surface area is 153 Å². The molecule has 0 unspecified atom stereocenters. The first kappa shape index (κ1) is 16.5. The van der Waals surface area contributed by atoms with Gasteiger partial charge >= 0.3 is 0 Å². The van der Waals surface area contributed by atoms with Gasteiger partial charge in [-0.25, -0.2) is 4.98 Å². The van der Waals surface area contributed by atoms with Gasteiger partial charge in [-0.2, -0.15) is 0 Å². The van der Waals surface area contributed by atoms with Crippen molar-refractivity contribution in [2.75, 3.05) is 0 Å². The van der Waals surface area contributed by atoms with Gasteiger partial charge in [0.1, 0.15) is 0 Å². The number of pyridine rings is 1. The molecule has 0 aliphatic heterocycles. The minimum absolute atomic E-state index is 0.0706. The van der Waals surface area contributed by atoms with Gasteiger partial charge in [0.15, 0.2) is 0 Å². The number of aryl methyl sites for hydroxylation is 2. The summed E-state index contributed by atoms with van der Waals surface area (Å²) >= 11 is 0. The number of nitrogens with zero attached hydrogens (tertiary/aromatic N) is 3. The molecule has 26 heavy (non-hydrogen) atoms. The first-order valence-corrected chi connectivity index (χ1v) is 9.08. The molecule has 132 valence electrons. The first-order valence-electron chi connectivity index (χ1n) is 9.08. The second kappa shape index (κ2) is 7.52. The summed E-state index contributed by atoms with van der Waals surface area (Å²) in [6.07, 6.45) is 10.1. The average Bonchev–Trinajstić information content (AvgIpc) is 3.19. The second-order valence-corrected chi connectivity index (χ2v) is 6.73. The molecule has 1 amide bonds. The Morgan fingerprint density at radius 2 is 1.92 bits per heavy atom. The van der Waals surface area contributed by atoms with Gasteiger partial charge in [-0.1, -0.05) is 18.2 Å². The first-order chi connectivity index (χ1) is 12.8. The molecule has 5 nitrogen and oxygen atoms in total. The fourth-order valence-electron chi connectivity index (χ4n) is 3.35. The highest BCUT2D eigenvalue weighted by Crippen LogP contribution is 2.19. The zero-order valence-corrected chi connectivity index (χ0v) is 14.7. The van der Waals surface area contributed by atoms with Crippen molar-refractivity contribution in [3.63, 3.8) is 0 Å². The molecule has 0 bridgehead atoms. The molecule has 5 heteroatoms. The van der Waals surface area contributed by atoms with Crippen molar-refractivity contribution >= 4 is 5.91 Å². The Bertz CT molecular complexity index is 885. The fourth-order valence-corrected chi connectivity index (χ4v) is 3.35. The van der Waals surface area contributed by atoms with Crippen molar-refractivity contribution in [3.8, 4) is 0 Å². The lowest BCUT2D eigenvalue weighted by atomic mass is 9.96. The highest BCUT2D eigenvalue weighted by atomic mass is 16.1. The van der Waals surface area contributed by atoms with Crippen LogP contribution in [0.5, 0.6) is 0 Å². The molecule has 0 fully saturated rings. The van der Waals surface area contributed by atoms with E-state index in [2.05, 4.69) is 16.4 Å². The monoisotopic (exact) mass is 346 g/mol. The van der Waals surface area contributed by atoms with Crippen LogP contribution < -0.4 is 5.32 Å². The second-order valence-electron chi connectivity index (χ2n) is 6.73. The Hall–Kier alpha value is -2.95. The number of amides is 1. The summed E-state index contributed by atoms with van der Waals surface area (Å²) in [5, 5.41) is 2.97. The van der Waals surface area contributed by atoms with E-state index in [4.69, 9.17) is 4.98 Å². The topological polar surface area (TPSA) is 59.8 Å². The largest absolute Gasteiger partial charge is 0.346 e. The summed E-state index contributed by atoms with van der Waals surface area (Å²) < 4.78 is 2.00. The average molecular weight is 346 g/mol. The van der Waals surface area contributed by atoms with Crippen molar-refractivity contribution in [3.05, 3.63) is 83.2 Å². The Balaban J connectivity index is 1.36. The van der Waals surface area contributed by atoms with Gasteiger partial charge in [-0.05, 0) is 55.0 Å². The summed E-state index contributed by atoms with van der Waals surface area (Å²) in [7, 11) is 0. The van der Waals surface area contributed by atoms with Crippen LogP contribution in [0.1, 0.15) is 45.7 Å². The Kier molecular flexibility index (Phi) is 4.78. The lowest BCUT2D eigenvalue weighted by Gasteiger charge is -2.15. The maximum Gasteiger partial charge on any atom is 0.251 e. The van der Waals surface area contributed by atoms with E-state index in [1.807, 2.05) is 41.1 Å². The molecule has 1 N–H and O–H groups in total. The highest BCUT2D eigenvalue weighted by Gasteiger charge is 2.12. The number of hydrogen-bond donors (Lipinski definition) is 1. The van der Waals surface area contributed by atoms with Crippen molar-refractivity contribution < 1.29 is 4.79 Å². The van der Waals surface area contributed by atoms with Crippen molar-refractivity contribution in [1.29, 1.82) is 0 Å². The number of rotatable bonds is 5. The van der Waals surface area contributed by atoms with E-state index in [9.17, 15) is 4.79 Å². The van der Waals surface area contributed by atoms with Crippen LogP contribution in [0.15, 0.2) is 55.1 Å². The molecule has 3 aromatic rings. The number of carbonyl (C=O) groups is 1. The standard InChI is InChI=1S/C21H22N4O/c26-21(18-7-5-16(6-8-18)14-25-12-11-22-15-25)23-13-19-10-9-17-3-1-2-4-20(17)24-19/h5-12,15H,1-4,13-14H2,(H,23,26). The summed E-state index contributed by atoms with van der Waals surface area (Å²) in [5.74, 6) is -0.0706. The van der Waals surface area contributed by atoms with Crippen LogP contribution >= 0.6 is 0 Å². The fraction of sp³-hybridized carbons (Fsp3) is 0.286. The van der Waals surface area contributed by atoms with E-state index in [1.165, 1.54) is 24.1 Å². The SMILES string of the molecule is O=C(NCc1ccc2c(n1)CCCC2)c1ccc(Cn2ccnc2)cc1. The third-order valence-corrected chi connectivity index (χ3v) is 4.81. The molecular formula is C21H22N4O. The van der Waals surface area contributed by atoms with Gasteiger partial charge in [0.05, 0.1) is 18.6 Å². The number of imidazole rings is 1. The molecule has 1 aromatic carbocycles. The van der Waals surface area contributed by atoms with Gasteiger partial charge in [0.25, 0.3) is 5.91 Å². The maximum atomic E-state index is 12.4. The van der Waals surface area contributed by atoms with E-state index in [1.54, 1.807) is 12.5 Å². The summed E-state index contributed by atoms with van der Waals surface area (Å²) in [5.41, 5.74) is 5.29. The van der Waals surface area contributed by atoms with Crippen molar-refractivity contribution in [2.45, 2.75) is 38.8 Å². The molecule has 2 heterocycles. The number of nitrogens with one attached hydrogen (secondary N) is 1. The van der Waals surface area contributed by atoms with Gasteiger partial charge in [-0.15, -0.1) is 0 Å². The van der Waals surface area contributed by atoms with Crippen LogP contribution in [0.2, 0.25) is 0 Å². The smallest absolute Gasteiger partial charge is 0.251 e. The van der Waals surface area contributed by atoms with Crippen LogP contribution in [0.25, 0.3) is 0 Å². The molecule has 0 saturated carbocycles. The third kappa shape index (κ3) is 3.82. The number of aromatic nitrogens is 3. The summed E-state index contributed by atoms with van der Waals surface area (Å²) in [6.45, 7) is 1.21. The van der Waals surface area contributed by atoms with E-state index < -0.39 is 0 Å². The third-order valence-electron chi connectivity index (χ3n) is 4.81. The number of carbonyl (C=O) groups excluding carboxylic acids is 1. The minimum atomic E-state index is -0.0706. The molecule has 1 aliphatic carbocycles. The van der Waals surface area contributed by atoms with E-state index in [0.29, 0.717) is 12.1 Å². The lowest BCUT2D eigenvalue weighted by molar-refractivity contribution is 0.0950. The van der Waals surface area contributed by atoms with Gasteiger partial charge < -0.3 is 9.88 Å². The van der Waals surface area contributed by atoms with Crippen molar-refractivity contribution in [2.24, 2.45) is 0 Å². The van der Waals surface area contributed by atoms with Crippen LogP contribution in [-0.2, 0) is 25.9 Å². The summed E-state index contributed by atoms with van der Waals surface area (Å²) in [4.78, 5) is 21.1. The van der Waals surface area contributed by atoms with Crippen LogP contribution in [-0.4, -0.2) is 20.4 Å². The van der Waals surface area contributed by atoms with E-state index >= 15 is 0 Å². The molecule has 0 spiro atoms. The highest BCUT2D eigenvalue weighted by molar-refractivity contribution is 5.94. The van der Waals surface area contributed by atoms with Gasteiger partial charge in [0.2, 0.25) is 0 Å². The molecule has 1 aliphatic rings. The lowest BCUT2D eigenvalue weighted by Crippen LogP contribution is -2.23. The molecule has 0 saturated heterocycles. The number of benzene rings is 1. The normalized spacial score (nSPS) is 13.2. The maximum absolute atomic E-state index is 12.4. The van der Waals surface area contributed by atoms with Crippen molar-refractivity contribution in [1.82, 2.24) is 19.9 Å². The Morgan fingerprint density at radius 1 is 1.08 bits per heavy atom. The number of fused-ring (bicyclic) bond motifs is 1.